The molecule has 2 amide bonds. The summed E-state index contributed by atoms with van der Waals surface area (Å²) in [6.07, 6.45) is 0. The minimum atomic E-state index is -0.771. The molecule has 3 aromatic rings. The van der Waals surface area contributed by atoms with Gasteiger partial charge in [-0.05, 0) is 55.5 Å². The number of amides is 2. The van der Waals surface area contributed by atoms with Crippen molar-refractivity contribution in [3.05, 3.63) is 98.8 Å². The van der Waals surface area contributed by atoms with E-state index >= 15 is 0 Å². The van der Waals surface area contributed by atoms with Gasteiger partial charge in [0, 0.05) is 15.6 Å². The van der Waals surface area contributed by atoms with E-state index in [1.807, 2.05) is 6.92 Å². The molecule has 0 bridgehead atoms. The van der Waals surface area contributed by atoms with Gasteiger partial charge >= 0.3 is 0 Å². The van der Waals surface area contributed by atoms with E-state index in [9.17, 15) is 18.8 Å². The van der Waals surface area contributed by atoms with Gasteiger partial charge in [-0.15, -0.1) is 0 Å². The number of imide groups is 1. The fraction of sp³-hybridized carbons (Fsp3) is 0.0455. The van der Waals surface area contributed by atoms with Gasteiger partial charge in [0.25, 0.3) is 11.8 Å². The smallest absolute Gasteiger partial charge is 0.269 e. The standard InChI is InChI=1S/C22H13BrFNO3/c1-12-5-10-18(16(11-12)20(26)13-6-8-14(23)9-7-13)25-21(27)15-3-2-4-17(24)19(15)22(25)28/h2-11H,1H3. The summed E-state index contributed by atoms with van der Waals surface area (Å²) in [6, 6.07) is 15.6. The Balaban J connectivity index is 1.85. The molecule has 0 fully saturated rings. The molecule has 0 N–H and O–H groups in total. The topological polar surface area (TPSA) is 54.5 Å². The molecule has 1 aliphatic rings. The van der Waals surface area contributed by atoms with Gasteiger partial charge in [0.1, 0.15) is 5.82 Å². The van der Waals surface area contributed by atoms with Crippen molar-refractivity contribution in [2.75, 3.05) is 4.90 Å². The van der Waals surface area contributed by atoms with Gasteiger partial charge in [-0.25, -0.2) is 9.29 Å². The molecule has 0 aromatic heterocycles. The second-order valence-electron chi connectivity index (χ2n) is 6.46. The summed E-state index contributed by atoms with van der Waals surface area (Å²) in [6.45, 7) is 1.81. The van der Waals surface area contributed by atoms with Gasteiger partial charge in [-0.2, -0.15) is 0 Å². The van der Waals surface area contributed by atoms with Crippen LogP contribution in [0.25, 0.3) is 0 Å². The number of nitrogens with zero attached hydrogens (tertiary/aromatic N) is 1. The highest BCUT2D eigenvalue weighted by Gasteiger charge is 2.40. The number of carbonyl (C=O) groups excluding carboxylic acids is 3. The van der Waals surface area contributed by atoms with Crippen molar-refractivity contribution in [3.8, 4) is 0 Å². The second-order valence-corrected chi connectivity index (χ2v) is 7.38. The molecule has 4 nitrogen and oxygen atoms in total. The number of rotatable bonds is 3. The van der Waals surface area contributed by atoms with Crippen LogP contribution < -0.4 is 4.90 Å². The lowest BCUT2D eigenvalue weighted by Gasteiger charge is -2.18. The summed E-state index contributed by atoms with van der Waals surface area (Å²) in [5.74, 6) is -2.51. The van der Waals surface area contributed by atoms with Crippen LogP contribution in [0.2, 0.25) is 0 Å². The fourth-order valence-corrected chi connectivity index (χ4v) is 3.51. The molecule has 0 unspecified atom stereocenters. The quantitative estimate of drug-likeness (QED) is 0.431. The number of fused-ring (bicyclic) bond motifs is 1. The maximum absolute atomic E-state index is 14.2. The molecule has 0 radical (unpaired) electrons. The molecule has 6 heteroatoms. The van der Waals surface area contributed by atoms with Crippen LogP contribution in [0.4, 0.5) is 10.1 Å². The van der Waals surface area contributed by atoms with Crippen molar-refractivity contribution in [1.82, 2.24) is 0 Å². The monoisotopic (exact) mass is 437 g/mol. The summed E-state index contributed by atoms with van der Waals surface area (Å²) >= 11 is 3.33. The third-order valence-corrected chi connectivity index (χ3v) is 5.14. The Morgan fingerprint density at radius 3 is 2.36 bits per heavy atom. The highest BCUT2D eigenvalue weighted by molar-refractivity contribution is 9.10. The number of halogens is 2. The van der Waals surface area contributed by atoms with E-state index in [1.54, 1.807) is 42.5 Å². The first-order chi connectivity index (χ1) is 13.4. The number of aryl methyl sites for hydroxylation is 1. The molecule has 1 aliphatic heterocycles. The Bertz CT molecular complexity index is 1150. The van der Waals surface area contributed by atoms with E-state index in [1.165, 1.54) is 12.1 Å². The minimum Gasteiger partial charge on any atom is -0.289 e. The van der Waals surface area contributed by atoms with Crippen LogP contribution in [0, 0.1) is 12.7 Å². The molecule has 0 spiro atoms. The largest absolute Gasteiger partial charge is 0.289 e. The average Bonchev–Trinajstić information content (AvgIpc) is 2.93. The van der Waals surface area contributed by atoms with Gasteiger partial charge in [0.2, 0.25) is 0 Å². The third kappa shape index (κ3) is 2.86. The summed E-state index contributed by atoms with van der Waals surface area (Å²) in [7, 11) is 0. The Morgan fingerprint density at radius 2 is 1.68 bits per heavy atom. The van der Waals surface area contributed by atoms with Gasteiger partial charge in [-0.1, -0.05) is 33.6 Å². The predicted octanol–water partition coefficient (Wildman–Crippen LogP) is 4.93. The van der Waals surface area contributed by atoms with Crippen LogP contribution in [0.3, 0.4) is 0 Å². The minimum absolute atomic E-state index is 0.00684. The van der Waals surface area contributed by atoms with Crippen molar-refractivity contribution < 1.29 is 18.8 Å². The third-order valence-electron chi connectivity index (χ3n) is 4.61. The van der Waals surface area contributed by atoms with E-state index in [0.29, 0.717) is 5.56 Å². The number of carbonyl (C=O) groups is 3. The lowest BCUT2D eigenvalue weighted by molar-refractivity contribution is 0.0925. The SMILES string of the molecule is Cc1ccc(N2C(=O)c3cccc(F)c3C2=O)c(C(=O)c2ccc(Br)cc2)c1. The van der Waals surface area contributed by atoms with Crippen LogP contribution in [-0.2, 0) is 0 Å². The zero-order valence-electron chi connectivity index (χ0n) is 14.7. The Hall–Kier alpha value is -3.12. The Morgan fingerprint density at radius 1 is 0.964 bits per heavy atom. The van der Waals surface area contributed by atoms with E-state index in [4.69, 9.17) is 0 Å². The Kier molecular flexibility index (Phi) is 4.43. The van der Waals surface area contributed by atoms with Crippen LogP contribution in [-0.4, -0.2) is 17.6 Å². The van der Waals surface area contributed by atoms with Crippen molar-refractivity contribution in [2.45, 2.75) is 6.92 Å². The average molecular weight is 438 g/mol. The van der Waals surface area contributed by atoms with Gasteiger partial charge in [0.15, 0.2) is 5.78 Å². The van der Waals surface area contributed by atoms with E-state index in [2.05, 4.69) is 15.9 Å². The van der Waals surface area contributed by atoms with E-state index in [0.717, 1.165) is 21.0 Å². The molecule has 0 aliphatic carbocycles. The zero-order chi connectivity index (χ0) is 20.0. The molecule has 0 atom stereocenters. The molecular formula is C22H13BrFNO3. The first-order valence-electron chi connectivity index (χ1n) is 8.46. The van der Waals surface area contributed by atoms with Crippen molar-refractivity contribution in [3.63, 3.8) is 0 Å². The normalized spacial score (nSPS) is 13.0. The van der Waals surface area contributed by atoms with Crippen LogP contribution in [0.1, 0.15) is 42.2 Å². The second kappa shape index (κ2) is 6.80. The highest BCUT2D eigenvalue weighted by Crippen LogP contribution is 2.33. The fourth-order valence-electron chi connectivity index (χ4n) is 3.25. The first-order valence-corrected chi connectivity index (χ1v) is 9.26. The number of hydrogen-bond donors (Lipinski definition) is 0. The van der Waals surface area contributed by atoms with Gasteiger partial charge in [0.05, 0.1) is 16.8 Å². The number of anilines is 1. The zero-order valence-corrected chi connectivity index (χ0v) is 16.3. The maximum atomic E-state index is 14.2. The maximum Gasteiger partial charge on any atom is 0.269 e. The van der Waals surface area contributed by atoms with Crippen LogP contribution >= 0.6 is 15.9 Å². The lowest BCUT2D eigenvalue weighted by atomic mass is 9.99. The number of benzene rings is 3. The van der Waals surface area contributed by atoms with Crippen molar-refractivity contribution in [1.29, 1.82) is 0 Å². The molecule has 1 heterocycles. The van der Waals surface area contributed by atoms with Crippen molar-refractivity contribution in [2.24, 2.45) is 0 Å². The highest BCUT2D eigenvalue weighted by atomic mass is 79.9. The van der Waals surface area contributed by atoms with Gasteiger partial charge in [-0.3, -0.25) is 14.4 Å². The summed E-state index contributed by atoms with van der Waals surface area (Å²) in [4.78, 5) is 39.6. The van der Waals surface area contributed by atoms with Crippen molar-refractivity contribution >= 4 is 39.2 Å². The molecule has 0 saturated carbocycles. The van der Waals surface area contributed by atoms with Crippen LogP contribution in [0.15, 0.2) is 65.1 Å². The number of hydrogen-bond acceptors (Lipinski definition) is 3. The van der Waals surface area contributed by atoms with Gasteiger partial charge < -0.3 is 0 Å². The van der Waals surface area contributed by atoms with E-state index in [-0.39, 0.29) is 28.2 Å². The summed E-state index contributed by atoms with van der Waals surface area (Å²) < 4.78 is 15.0. The lowest BCUT2D eigenvalue weighted by Crippen LogP contribution is -2.31. The number of ketones is 1. The first kappa shape index (κ1) is 18.3. The molecule has 4 rings (SSSR count). The Labute approximate surface area is 168 Å². The van der Waals surface area contributed by atoms with Crippen LogP contribution in [0.5, 0.6) is 0 Å². The molecule has 3 aromatic carbocycles. The summed E-state index contributed by atoms with van der Waals surface area (Å²) in [5, 5.41) is 0. The molecular weight excluding hydrogens is 425 g/mol. The summed E-state index contributed by atoms with van der Waals surface area (Å²) in [5.41, 5.74) is 1.29. The molecule has 138 valence electrons. The molecule has 0 saturated heterocycles. The van der Waals surface area contributed by atoms with E-state index < -0.39 is 17.6 Å². The molecule has 28 heavy (non-hydrogen) atoms. The predicted molar refractivity (Wildman–Crippen MR) is 106 cm³/mol.